The van der Waals surface area contributed by atoms with E-state index in [9.17, 15) is 13.2 Å². The smallest absolute Gasteiger partial charge is 0.289 e. The summed E-state index contributed by atoms with van der Waals surface area (Å²) in [5, 5.41) is 0.612. The standard InChI is InChI=1S/C17H16Cl2O4S/c1-11(2)10-23-24(21,22)14-5-3-4-12(8-14)17(20)15-9-13(18)6-7-16(15)19/h3-9,11H,10H2,1-2H3. The summed E-state index contributed by atoms with van der Waals surface area (Å²) in [5.74, 6) is -0.349. The van der Waals surface area contributed by atoms with Crippen molar-refractivity contribution in [2.75, 3.05) is 6.61 Å². The number of halogens is 2. The summed E-state index contributed by atoms with van der Waals surface area (Å²) in [7, 11) is -3.92. The Kier molecular flexibility index (Phi) is 6.04. The van der Waals surface area contributed by atoms with Gasteiger partial charge in [0.1, 0.15) is 0 Å². The molecule has 0 saturated carbocycles. The Labute approximate surface area is 151 Å². The fraction of sp³-hybridized carbons (Fsp3) is 0.235. The minimum absolute atomic E-state index is 0.0647. The maximum atomic E-state index is 12.6. The second-order valence-corrected chi connectivity index (χ2v) is 8.07. The van der Waals surface area contributed by atoms with Crippen molar-refractivity contribution in [2.45, 2.75) is 18.7 Å². The van der Waals surface area contributed by atoms with Gasteiger partial charge in [0.25, 0.3) is 10.1 Å². The first-order chi connectivity index (χ1) is 11.2. The van der Waals surface area contributed by atoms with Gasteiger partial charge in [-0.25, -0.2) is 0 Å². The lowest BCUT2D eigenvalue weighted by atomic mass is 10.0. The Morgan fingerprint density at radius 3 is 2.50 bits per heavy atom. The van der Waals surface area contributed by atoms with E-state index in [2.05, 4.69) is 0 Å². The van der Waals surface area contributed by atoms with Gasteiger partial charge in [0.15, 0.2) is 5.78 Å². The molecule has 2 aromatic carbocycles. The van der Waals surface area contributed by atoms with E-state index in [1.54, 1.807) is 6.07 Å². The first-order valence-electron chi connectivity index (χ1n) is 7.20. The summed E-state index contributed by atoms with van der Waals surface area (Å²) in [6.45, 7) is 3.76. The SMILES string of the molecule is CC(C)COS(=O)(=O)c1cccc(C(=O)c2cc(Cl)ccc2Cl)c1. The maximum absolute atomic E-state index is 12.6. The molecule has 24 heavy (non-hydrogen) atoms. The molecule has 0 bridgehead atoms. The van der Waals surface area contributed by atoms with Gasteiger partial charge in [-0.05, 0) is 36.2 Å². The molecule has 0 aromatic heterocycles. The number of hydrogen-bond acceptors (Lipinski definition) is 4. The topological polar surface area (TPSA) is 60.4 Å². The maximum Gasteiger partial charge on any atom is 0.297 e. The van der Waals surface area contributed by atoms with E-state index in [0.717, 1.165) is 0 Å². The zero-order chi connectivity index (χ0) is 17.9. The number of carbonyl (C=O) groups is 1. The molecule has 4 nitrogen and oxygen atoms in total. The van der Waals surface area contributed by atoms with Gasteiger partial charge >= 0.3 is 0 Å². The van der Waals surface area contributed by atoms with Crippen LogP contribution in [0.15, 0.2) is 47.4 Å². The van der Waals surface area contributed by atoms with Gasteiger partial charge in [-0.1, -0.05) is 49.2 Å². The fourth-order valence-electron chi connectivity index (χ4n) is 1.91. The molecular formula is C17H16Cl2O4S. The van der Waals surface area contributed by atoms with Crippen LogP contribution < -0.4 is 0 Å². The number of hydrogen-bond donors (Lipinski definition) is 0. The van der Waals surface area contributed by atoms with E-state index < -0.39 is 15.9 Å². The van der Waals surface area contributed by atoms with Crippen LogP contribution in [0.25, 0.3) is 0 Å². The Morgan fingerprint density at radius 2 is 1.83 bits per heavy atom. The number of ketones is 1. The van der Waals surface area contributed by atoms with Crippen molar-refractivity contribution < 1.29 is 17.4 Å². The fourth-order valence-corrected chi connectivity index (χ4v) is 3.39. The van der Waals surface area contributed by atoms with Crippen molar-refractivity contribution in [3.63, 3.8) is 0 Å². The average Bonchev–Trinajstić information content (AvgIpc) is 2.55. The van der Waals surface area contributed by atoms with Crippen LogP contribution in [0.5, 0.6) is 0 Å². The summed E-state index contributed by atoms with van der Waals surface area (Å²) in [5.41, 5.74) is 0.398. The van der Waals surface area contributed by atoms with Crippen LogP contribution in [-0.4, -0.2) is 20.8 Å². The summed E-state index contributed by atoms with van der Waals surface area (Å²) in [6.07, 6.45) is 0. The molecule has 0 aliphatic heterocycles. The zero-order valence-corrected chi connectivity index (χ0v) is 15.5. The van der Waals surface area contributed by atoms with Crippen LogP contribution in [0.1, 0.15) is 29.8 Å². The van der Waals surface area contributed by atoms with Gasteiger partial charge in [0.05, 0.1) is 16.5 Å². The molecule has 0 aliphatic carbocycles. The Balaban J connectivity index is 2.37. The minimum atomic E-state index is -3.92. The monoisotopic (exact) mass is 386 g/mol. The van der Waals surface area contributed by atoms with E-state index in [0.29, 0.717) is 5.02 Å². The molecule has 0 radical (unpaired) electrons. The quantitative estimate of drug-likeness (QED) is 0.538. The van der Waals surface area contributed by atoms with Crippen molar-refractivity contribution >= 4 is 39.1 Å². The molecule has 0 N–H and O–H groups in total. The normalized spacial score (nSPS) is 11.7. The second kappa shape index (κ2) is 7.66. The highest BCUT2D eigenvalue weighted by Crippen LogP contribution is 2.24. The highest BCUT2D eigenvalue weighted by Gasteiger charge is 2.19. The number of carbonyl (C=O) groups excluding carboxylic acids is 1. The van der Waals surface area contributed by atoms with Crippen molar-refractivity contribution in [1.29, 1.82) is 0 Å². The van der Waals surface area contributed by atoms with Crippen LogP contribution in [-0.2, 0) is 14.3 Å². The molecule has 0 spiro atoms. The van der Waals surface area contributed by atoms with Crippen LogP contribution in [0.3, 0.4) is 0 Å². The van der Waals surface area contributed by atoms with Crippen LogP contribution in [0, 0.1) is 5.92 Å². The molecule has 0 amide bonds. The molecule has 2 aromatic rings. The van der Waals surface area contributed by atoms with Crippen LogP contribution >= 0.6 is 23.2 Å². The Hall–Kier alpha value is -1.40. The van der Waals surface area contributed by atoms with E-state index in [-0.39, 0.29) is 33.6 Å². The van der Waals surface area contributed by atoms with Crippen molar-refractivity contribution in [3.05, 3.63) is 63.6 Å². The minimum Gasteiger partial charge on any atom is -0.289 e. The van der Waals surface area contributed by atoms with Gasteiger partial charge in [0, 0.05) is 16.1 Å². The van der Waals surface area contributed by atoms with Gasteiger partial charge < -0.3 is 0 Å². The molecular weight excluding hydrogens is 371 g/mol. The van der Waals surface area contributed by atoms with Crippen molar-refractivity contribution in [3.8, 4) is 0 Å². The summed E-state index contributed by atoms with van der Waals surface area (Å²) < 4.78 is 29.4. The van der Waals surface area contributed by atoms with E-state index >= 15 is 0 Å². The first-order valence-corrected chi connectivity index (χ1v) is 9.36. The first kappa shape index (κ1) is 18.9. The highest BCUT2D eigenvalue weighted by molar-refractivity contribution is 7.86. The summed E-state index contributed by atoms with van der Waals surface area (Å²) in [6, 6.07) is 10.2. The Morgan fingerprint density at radius 1 is 1.12 bits per heavy atom. The van der Waals surface area contributed by atoms with Crippen LogP contribution in [0.4, 0.5) is 0 Å². The Bertz CT molecular complexity index is 861. The van der Waals surface area contributed by atoms with E-state index in [4.69, 9.17) is 27.4 Å². The number of rotatable bonds is 6. The van der Waals surface area contributed by atoms with E-state index in [1.807, 2.05) is 13.8 Å². The molecule has 2 rings (SSSR count). The van der Waals surface area contributed by atoms with Gasteiger partial charge in [0.2, 0.25) is 0 Å². The summed E-state index contributed by atoms with van der Waals surface area (Å²) >= 11 is 11.9. The predicted molar refractivity (Wildman–Crippen MR) is 94.3 cm³/mol. The van der Waals surface area contributed by atoms with Gasteiger partial charge in [-0.3, -0.25) is 8.98 Å². The third-order valence-corrected chi connectivity index (χ3v) is 4.96. The van der Waals surface area contributed by atoms with Gasteiger partial charge in [-0.15, -0.1) is 0 Å². The van der Waals surface area contributed by atoms with Crippen LogP contribution in [0.2, 0.25) is 10.0 Å². The molecule has 0 heterocycles. The molecule has 0 aliphatic rings. The third-order valence-electron chi connectivity index (χ3n) is 3.11. The molecule has 0 atom stereocenters. The average molecular weight is 387 g/mol. The van der Waals surface area contributed by atoms with Crippen molar-refractivity contribution in [1.82, 2.24) is 0 Å². The lowest BCUT2D eigenvalue weighted by Gasteiger charge is -2.09. The lowest BCUT2D eigenvalue weighted by molar-refractivity contribution is 0.103. The van der Waals surface area contributed by atoms with Crippen molar-refractivity contribution in [2.24, 2.45) is 5.92 Å². The van der Waals surface area contributed by atoms with E-state index in [1.165, 1.54) is 36.4 Å². The molecule has 128 valence electrons. The zero-order valence-electron chi connectivity index (χ0n) is 13.1. The second-order valence-electron chi connectivity index (χ2n) is 5.61. The molecule has 7 heteroatoms. The molecule has 0 fully saturated rings. The third kappa shape index (κ3) is 4.57. The predicted octanol–water partition coefficient (Wildman–Crippen LogP) is 4.59. The lowest BCUT2D eigenvalue weighted by Crippen LogP contribution is -2.12. The molecule has 0 unspecified atom stereocenters. The summed E-state index contributed by atoms with van der Waals surface area (Å²) in [4.78, 5) is 12.5. The number of benzene rings is 2. The van der Waals surface area contributed by atoms with Gasteiger partial charge in [-0.2, -0.15) is 8.42 Å². The largest absolute Gasteiger partial charge is 0.297 e. The highest BCUT2D eigenvalue weighted by atomic mass is 35.5. The molecule has 0 saturated heterocycles.